The second-order valence-corrected chi connectivity index (χ2v) is 5.40. The topological polar surface area (TPSA) is 64.9 Å². The van der Waals surface area contributed by atoms with Crippen LogP contribution in [0.1, 0.15) is 42.1 Å². The molecule has 1 aromatic heterocycles. The molecule has 0 spiro atoms. The maximum atomic E-state index is 12.7. The number of rotatable bonds is 3. The van der Waals surface area contributed by atoms with Gasteiger partial charge < -0.3 is 10.3 Å². The number of nitrogens with two attached hydrogens (primary N) is 1. The third kappa shape index (κ3) is 3.25. The van der Waals surface area contributed by atoms with Crippen LogP contribution < -0.4 is 5.73 Å². The molecule has 0 saturated heterocycles. The van der Waals surface area contributed by atoms with E-state index in [2.05, 4.69) is 10.1 Å². The minimum Gasteiger partial charge on any atom is -0.339 e. The van der Waals surface area contributed by atoms with Crippen LogP contribution in [-0.2, 0) is 18.1 Å². The van der Waals surface area contributed by atoms with E-state index in [4.69, 9.17) is 10.3 Å². The first kappa shape index (κ1) is 16.8. The minimum atomic E-state index is -4.36. The number of aromatic nitrogens is 2. The lowest BCUT2D eigenvalue weighted by Crippen LogP contribution is -2.44. The first-order valence-electron chi connectivity index (χ1n) is 6.65. The summed E-state index contributed by atoms with van der Waals surface area (Å²) in [5, 5.41) is 3.84. The normalized spacial score (nSPS) is 16.7. The van der Waals surface area contributed by atoms with Gasteiger partial charge in [0.25, 0.3) is 0 Å². The highest BCUT2D eigenvalue weighted by Gasteiger charge is 2.39. The molecule has 0 atom stereocenters. The standard InChI is InChI=1S/C14H14F3N3O.ClH/c15-14(16,17)10-4-1-3-9(7-10)8-11-19-12(20-21-11)13(18)5-2-6-13;/h1,3-4,7H,2,5-6,8,18H2;1H. The molecular weight excluding hydrogens is 319 g/mol. The third-order valence-electron chi connectivity index (χ3n) is 3.77. The molecule has 2 aromatic rings. The van der Waals surface area contributed by atoms with Crippen molar-refractivity contribution in [1.82, 2.24) is 10.1 Å². The Balaban J connectivity index is 0.00000176. The molecule has 4 nitrogen and oxygen atoms in total. The smallest absolute Gasteiger partial charge is 0.339 e. The molecule has 0 amide bonds. The Kier molecular flexibility index (Phi) is 4.49. The van der Waals surface area contributed by atoms with Gasteiger partial charge in [0.2, 0.25) is 5.89 Å². The van der Waals surface area contributed by atoms with Crippen LogP contribution in [0.4, 0.5) is 13.2 Å². The molecule has 0 aliphatic heterocycles. The molecule has 0 unspecified atom stereocenters. The van der Waals surface area contributed by atoms with Gasteiger partial charge in [0, 0.05) is 0 Å². The first-order chi connectivity index (χ1) is 9.87. The Morgan fingerprint density at radius 3 is 2.59 bits per heavy atom. The molecule has 120 valence electrons. The second kappa shape index (κ2) is 5.89. The lowest BCUT2D eigenvalue weighted by molar-refractivity contribution is -0.137. The molecule has 1 saturated carbocycles. The Bertz CT molecular complexity index is 653. The van der Waals surface area contributed by atoms with Crippen molar-refractivity contribution >= 4 is 12.4 Å². The summed E-state index contributed by atoms with van der Waals surface area (Å²) in [5.41, 5.74) is 5.33. The van der Waals surface area contributed by atoms with Gasteiger partial charge in [0.1, 0.15) is 0 Å². The fourth-order valence-corrected chi connectivity index (χ4v) is 2.34. The third-order valence-corrected chi connectivity index (χ3v) is 3.77. The molecule has 1 fully saturated rings. The van der Waals surface area contributed by atoms with E-state index < -0.39 is 17.3 Å². The fourth-order valence-electron chi connectivity index (χ4n) is 2.34. The van der Waals surface area contributed by atoms with E-state index in [1.165, 1.54) is 6.07 Å². The van der Waals surface area contributed by atoms with Crippen LogP contribution in [0.5, 0.6) is 0 Å². The number of alkyl halides is 3. The van der Waals surface area contributed by atoms with E-state index in [1.807, 2.05) is 0 Å². The SMILES string of the molecule is Cl.NC1(c2noc(Cc3cccc(C(F)(F)F)c3)n2)CCC1. The summed E-state index contributed by atoms with van der Waals surface area (Å²) in [6.07, 6.45) is -1.57. The average Bonchev–Trinajstić information content (AvgIpc) is 2.84. The van der Waals surface area contributed by atoms with Crippen molar-refractivity contribution in [3.8, 4) is 0 Å². The maximum Gasteiger partial charge on any atom is 0.416 e. The number of hydrogen-bond donors (Lipinski definition) is 1. The summed E-state index contributed by atoms with van der Waals surface area (Å²) in [6.45, 7) is 0. The summed E-state index contributed by atoms with van der Waals surface area (Å²) in [4.78, 5) is 4.21. The van der Waals surface area contributed by atoms with E-state index in [1.54, 1.807) is 6.07 Å². The van der Waals surface area contributed by atoms with E-state index in [9.17, 15) is 13.2 Å². The second-order valence-electron chi connectivity index (χ2n) is 5.40. The van der Waals surface area contributed by atoms with Crippen molar-refractivity contribution in [3.05, 3.63) is 47.1 Å². The summed E-state index contributed by atoms with van der Waals surface area (Å²) in [6, 6.07) is 5.09. The average molecular weight is 334 g/mol. The molecule has 3 rings (SSSR count). The van der Waals surface area contributed by atoms with Crippen molar-refractivity contribution < 1.29 is 17.7 Å². The lowest BCUT2D eigenvalue weighted by Gasteiger charge is -2.34. The summed E-state index contributed by atoms with van der Waals surface area (Å²) in [5.74, 6) is 0.719. The minimum absolute atomic E-state index is 0. The zero-order valence-corrected chi connectivity index (χ0v) is 12.4. The van der Waals surface area contributed by atoms with Crippen molar-refractivity contribution in [2.75, 3.05) is 0 Å². The van der Waals surface area contributed by atoms with Crippen LogP contribution in [0.3, 0.4) is 0 Å². The molecule has 1 aliphatic rings. The zero-order valence-electron chi connectivity index (χ0n) is 11.6. The van der Waals surface area contributed by atoms with Gasteiger partial charge in [0.05, 0.1) is 17.5 Å². The highest BCUT2D eigenvalue weighted by Crippen LogP contribution is 2.37. The molecule has 0 bridgehead atoms. The van der Waals surface area contributed by atoms with Gasteiger partial charge in [-0.3, -0.25) is 0 Å². The van der Waals surface area contributed by atoms with E-state index in [-0.39, 0.29) is 24.7 Å². The van der Waals surface area contributed by atoms with Gasteiger partial charge in [-0.2, -0.15) is 18.2 Å². The Hall–Kier alpha value is -1.60. The van der Waals surface area contributed by atoms with E-state index >= 15 is 0 Å². The molecule has 22 heavy (non-hydrogen) atoms. The quantitative estimate of drug-likeness (QED) is 0.934. The van der Waals surface area contributed by atoms with Gasteiger partial charge in [0.15, 0.2) is 5.82 Å². The summed E-state index contributed by atoms with van der Waals surface area (Å²) < 4.78 is 43.1. The van der Waals surface area contributed by atoms with Gasteiger partial charge >= 0.3 is 6.18 Å². The van der Waals surface area contributed by atoms with Gasteiger partial charge in [-0.1, -0.05) is 23.4 Å². The van der Waals surface area contributed by atoms with Gasteiger partial charge in [-0.15, -0.1) is 12.4 Å². The number of halogens is 4. The molecule has 0 radical (unpaired) electrons. The summed E-state index contributed by atoms with van der Waals surface area (Å²) >= 11 is 0. The van der Waals surface area contributed by atoms with Gasteiger partial charge in [-0.25, -0.2) is 0 Å². The van der Waals surface area contributed by atoms with Crippen molar-refractivity contribution in [2.24, 2.45) is 5.73 Å². The molecule has 1 aromatic carbocycles. The fraction of sp³-hybridized carbons (Fsp3) is 0.429. The van der Waals surface area contributed by atoms with Crippen molar-refractivity contribution in [1.29, 1.82) is 0 Å². The van der Waals surface area contributed by atoms with Crippen LogP contribution >= 0.6 is 12.4 Å². The lowest BCUT2D eigenvalue weighted by atomic mass is 9.77. The van der Waals surface area contributed by atoms with Crippen LogP contribution in [0.25, 0.3) is 0 Å². The Labute approximate surface area is 131 Å². The predicted octanol–water partition coefficient (Wildman–Crippen LogP) is 3.44. The van der Waals surface area contributed by atoms with Crippen molar-refractivity contribution in [3.63, 3.8) is 0 Å². The highest BCUT2D eigenvalue weighted by molar-refractivity contribution is 5.85. The summed E-state index contributed by atoms with van der Waals surface area (Å²) in [7, 11) is 0. The van der Waals surface area contributed by atoms with E-state index in [0.717, 1.165) is 31.4 Å². The first-order valence-corrected chi connectivity index (χ1v) is 6.65. The molecule has 1 heterocycles. The van der Waals surface area contributed by atoms with Crippen LogP contribution in [-0.4, -0.2) is 10.1 Å². The molecule has 2 N–H and O–H groups in total. The Morgan fingerprint density at radius 1 is 1.27 bits per heavy atom. The van der Waals surface area contributed by atoms with Crippen molar-refractivity contribution in [2.45, 2.75) is 37.4 Å². The maximum absolute atomic E-state index is 12.7. The number of nitrogens with zero attached hydrogens (tertiary/aromatic N) is 2. The van der Waals surface area contributed by atoms with Crippen LogP contribution in [0.15, 0.2) is 28.8 Å². The molecule has 1 aliphatic carbocycles. The zero-order chi connectivity index (χ0) is 15.1. The van der Waals surface area contributed by atoms with Crippen LogP contribution in [0, 0.1) is 0 Å². The Morgan fingerprint density at radius 2 is 2.00 bits per heavy atom. The van der Waals surface area contributed by atoms with Crippen LogP contribution in [0.2, 0.25) is 0 Å². The monoisotopic (exact) mass is 333 g/mol. The molecule has 8 heteroatoms. The molecular formula is C14H15ClF3N3O. The number of benzene rings is 1. The highest BCUT2D eigenvalue weighted by atomic mass is 35.5. The number of hydrogen-bond acceptors (Lipinski definition) is 4. The van der Waals surface area contributed by atoms with E-state index in [0.29, 0.717) is 11.4 Å². The predicted molar refractivity (Wildman–Crippen MR) is 75.5 cm³/mol. The van der Waals surface area contributed by atoms with Gasteiger partial charge in [-0.05, 0) is 30.9 Å². The largest absolute Gasteiger partial charge is 0.416 e.